The maximum Gasteiger partial charge on any atom is 0.156 e. The lowest BCUT2D eigenvalue weighted by Crippen LogP contribution is -2.15. The minimum Gasteiger partial charge on any atom is -0.297 e. The molecule has 3 nitrogen and oxygen atoms in total. The van der Waals surface area contributed by atoms with E-state index in [2.05, 4.69) is 18.9 Å². The highest BCUT2D eigenvalue weighted by molar-refractivity contribution is 5.79. The van der Waals surface area contributed by atoms with Gasteiger partial charge in [-0.2, -0.15) is 5.10 Å². The van der Waals surface area contributed by atoms with Crippen molar-refractivity contribution in [2.24, 2.45) is 11.8 Å². The van der Waals surface area contributed by atoms with Crippen molar-refractivity contribution >= 4 is 5.78 Å². The number of carbonyl (C=O) groups excluding carboxylic acids is 1. The van der Waals surface area contributed by atoms with Gasteiger partial charge in [0.05, 0.1) is 12.7 Å². The van der Waals surface area contributed by atoms with Crippen molar-refractivity contribution in [3.8, 4) is 0 Å². The molecule has 84 valence electrons. The first kappa shape index (κ1) is 12.0. The molecule has 0 saturated heterocycles. The highest BCUT2D eigenvalue weighted by Crippen LogP contribution is 2.07. The van der Waals surface area contributed by atoms with Crippen molar-refractivity contribution in [1.29, 1.82) is 0 Å². The number of rotatable bonds is 5. The minimum atomic E-state index is 0.0859. The standard InChI is InChI=1S/C12H20N2O/c1-9(2)5-11-6-13-14(7-11)8-12(15)10(3)4/h6-7,9-10H,5,8H2,1-4H3. The van der Waals surface area contributed by atoms with Crippen molar-refractivity contribution in [2.45, 2.75) is 40.7 Å². The highest BCUT2D eigenvalue weighted by Gasteiger charge is 2.09. The average molecular weight is 208 g/mol. The Hall–Kier alpha value is -1.12. The molecule has 1 aromatic rings. The van der Waals surface area contributed by atoms with Crippen LogP contribution in [0.15, 0.2) is 12.4 Å². The Morgan fingerprint density at radius 1 is 1.40 bits per heavy atom. The molecule has 1 rings (SSSR count). The number of hydrogen-bond donors (Lipinski definition) is 0. The molecule has 3 heteroatoms. The minimum absolute atomic E-state index is 0.0859. The predicted molar refractivity (Wildman–Crippen MR) is 60.6 cm³/mol. The molecule has 0 spiro atoms. The van der Waals surface area contributed by atoms with E-state index in [9.17, 15) is 4.79 Å². The fourth-order valence-corrected chi connectivity index (χ4v) is 1.41. The van der Waals surface area contributed by atoms with Crippen LogP contribution in [-0.2, 0) is 17.8 Å². The molecule has 0 amide bonds. The Bertz CT molecular complexity index is 326. The van der Waals surface area contributed by atoms with Crippen LogP contribution in [0.3, 0.4) is 0 Å². The van der Waals surface area contributed by atoms with Crippen molar-refractivity contribution in [2.75, 3.05) is 0 Å². The number of Topliss-reactive ketones (excluding diaryl/α,β-unsaturated/α-hetero) is 1. The number of hydrogen-bond acceptors (Lipinski definition) is 2. The Balaban J connectivity index is 2.56. The number of ketones is 1. The summed E-state index contributed by atoms with van der Waals surface area (Å²) in [6, 6.07) is 0. The molecule has 0 N–H and O–H groups in total. The molecule has 0 radical (unpaired) electrons. The van der Waals surface area contributed by atoms with Crippen molar-refractivity contribution in [1.82, 2.24) is 9.78 Å². The summed E-state index contributed by atoms with van der Waals surface area (Å²) in [6.45, 7) is 8.59. The van der Waals surface area contributed by atoms with Gasteiger partial charge in [-0.3, -0.25) is 9.48 Å². The first-order valence-corrected chi connectivity index (χ1v) is 5.53. The molecule has 0 fully saturated rings. The van der Waals surface area contributed by atoms with E-state index in [1.807, 2.05) is 26.2 Å². The SMILES string of the molecule is CC(C)Cc1cnn(CC(=O)C(C)C)c1. The fourth-order valence-electron chi connectivity index (χ4n) is 1.41. The number of aromatic nitrogens is 2. The second kappa shape index (κ2) is 5.10. The maximum absolute atomic E-state index is 11.5. The molecule has 0 aliphatic heterocycles. The van der Waals surface area contributed by atoms with Crippen LogP contribution in [0.2, 0.25) is 0 Å². The second-order valence-corrected chi connectivity index (χ2v) is 4.77. The summed E-state index contributed by atoms with van der Waals surface area (Å²) in [4.78, 5) is 11.5. The zero-order valence-corrected chi connectivity index (χ0v) is 10.0. The van der Waals surface area contributed by atoms with Crippen LogP contribution < -0.4 is 0 Å². The Morgan fingerprint density at radius 2 is 2.07 bits per heavy atom. The van der Waals surface area contributed by atoms with Gasteiger partial charge in [0.2, 0.25) is 0 Å². The first-order chi connectivity index (χ1) is 6.99. The molecule has 0 unspecified atom stereocenters. The lowest BCUT2D eigenvalue weighted by molar-refractivity contribution is -0.122. The third-order valence-electron chi connectivity index (χ3n) is 2.29. The van der Waals surface area contributed by atoms with Crippen LogP contribution in [0.1, 0.15) is 33.3 Å². The quantitative estimate of drug-likeness (QED) is 0.744. The van der Waals surface area contributed by atoms with E-state index in [4.69, 9.17) is 0 Å². The monoisotopic (exact) mass is 208 g/mol. The molecule has 0 aliphatic rings. The van der Waals surface area contributed by atoms with Crippen molar-refractivity contribution in [3.05, 3.63) is 18.0 Å². The molecule has 0 bridgehead atoms. The zero-order valence-electron chi connectivity index (χ0n) is 10.0. The van der Waals surface area contributed by atoms with Crippen LogP contribution in [-0.4, -0.2) is 15.6 Å². The van der Waals surface area contributed by atoms with Crippen LogP contribution in [0.5, 0.6) is 0 Å². The topological polar surface area (TPSA) is 34.9 Å². The van der Waals surface area contributed by atoms with Gasteiger partial charge in [0.1, 0.15) is 0 Å². The van der Waals surface area contributed by atoms with E-state index < -0.39 is 0 Å². The molecular weight excluding hydrogens is 188 g/mol. The molecule has 15 heavy (non-hydrogen) atoms. The lowest BCUT2D eigenvalue weighted by Gasteiger charge is -2.03. The number of nitrogens with zero attached hydrogens (tertiary/aromatic N) is 2. The van der Waals surface area contributed by atoms with Crippen LogP contribution in [0.4, 0.5) is 0 Å². The molecule has 0 atom stereocenters. The van der Waals surface area contributed by atoms with E-state index in [1.54, 1.807) is 4.68 Å². The predicted octanol–water partition coefficient (Wildman–Crippen LogP) is 2.31. The fraction of sp³-hybridized carbons (Fsp3) is 0.667. The molecular formula is C12H20N2O. The molecule has 1 aromatic heterocycles. The second-order valence-electron chi connectivity index (χ2n) is 4.77. The van der Waals surface area contributed by atoms with Gasteiger partial charge < -0.3 is 0 Å². The van der Waals surface area contributed by atoms with Gasteiger partial charge in [0.15, 0.2) is 5.78 Å². The van der Waals surface area contributed by atoms with E-state index >= 15 is 0 Å². The van der Waals surface area contributed by atoms with Gasteiger partial charge in [0.25, 0.3) is 0 Å². The summed E-state index contributed by atoms with van der Waals surface area (Å²) in [5, 5.41) is 4.19. The van der Waals surface area contributed by atoms with Gasteiger partial charge in [-0.15, -0.1) is 0 Å². The summed E-state index contributed by atoms with van der Waals surface area (Å²) in [7, 11) is 0. The average Bonchev–Trinajstić information content (AvgIpc) is 2.51. The normalized spacial score (nSPS) is 11.3. The lowest BCUT2D eigenvalue weighted by atomic mass is 10.1. The van der Waals surface area contributed by atoms with E-state index in [0.29, 0.717) is 12.5 Å². The molecule has 0 saturated carbocycles. The van der Waals surface area contributed by atoms with E-state index in [0.717, 1.165) is 6.42 Å². The van der Waals surface area contributed by atoms with Gasteiger partial charge in [-0.05, 0) is 17.9 Å². The molecule has 0 aliphatic carbocycles. The molecule has 0 aromatic carbocycles. The Morgan fingerprint density at radius 3 is 2.60 bits per heavy atom. The van der Waals surface area contributed by atoms with Crippen LogP contribution in [0, 0.1) is 11.8 Å². The smallest absolute Gasteiger partial charge is 0.156 e. The largest absolute Gasteiger partial charge is 0.297 e. The summed E-state index contributed by atoms with van der Waals surface area (Å²) >= 11 is 0. The highest BCUT2D eigenvalue weighted by atomic mass is 16.1. The van der Waals surface area contributed by atoms with Crippen molar-refractivity contribution in [3.63, 3.8) is 0 Å². The number of carbonyl (C=O) groups is 1. The summed E-state index contributed by atoms with van der Waals surface area (Å²) < 4.78 is 1.74. The van der Waals surface area contributed by atoms with E-state index in [-0.39, 0.29) is 11.7 Å². The van der Waals surface area contributed by atoms with Crippen LogP contribution in [0.25, 0.3) is 0 Å². The Labute approximate surface area is 91.5 Å². The summed E-state index contributed by atoms with van der Waals surface area (Å²) in [5.74, 6) is 0.945. The third-order valence-corrected chi connectivity index (χ3v) is 2.29. The van der Waals surface area contributed by atoms with Gasteiger partial charge >= 0.3 is 0 Å². The van der Waals surface area contributed by atoms with Crippen molar-refractivity contribution < 1.29 is 4.79 Å². The van der Waals surface area contributed by atoms with Gasteiger partial charge in [-0.1, -0.05) is 27.7 Å². The molecule has 1 heterocycles. The zero-order chi connectivity index (χ0) is 11.4. The first-order valence-electron chi connectivity index (χ1n) is 5.53. The maximum atomic E-state index is 11.5. The third kappa shape index (κ3) is 3.86. The summed E-state index contributed by atoms with van der Waals surface area (Å²) in [6.07, 6.45) is 4.85. The van der Waals surface area contributed by atoms with Gasteiger partial charge in [-0.25, -0.2) is 0 Å². The van der Waals surface area contributed by atoms with Crippen LogP contribution >= 0.6 is 0 Å². The van der Waals surface area contributed by atoms with E-state index in [1.165, 1.54) is 5.56 Å². The Kier molecular flexibility index (Phi) is 4.06. The van der Waals surface area contributed by atoms with Gasteiger partial charge in [0, 0.05) is 12.1 Å². The summed E-state index contributed by atoms with van der Waals surface area (Å²) in [5.41, 5.74) is 1.21.